The van der Waals surface area contributed by atoms with Gasteiger partial charge in [-0.1, -0.05) is 0 Å². The second-order valence-electron chi connectivity index (χ2n) is 5.38. The fourth-order valence-corrected chi connectivity index (χ4v) is 2.72. The Labute approximate surface area is 138 Å². The maximum absolute atomic E-state index is 12.3. The number of carbonyl (C=O) groups is 2. The van der Waals surface area contributed by atoms with Crippen LogP contribution in [0.15, 0.2) is 22.8 Å². The molecule has 2 amide bonds. The molecule has 0 saturated carbocycles. The number of pyridine rings is 1. The standard InChI is InChI=1S/C15H21BrN4O2/c1-17-7-6-14(21)20-8-2-3-11(10-20)15(22)19-13-5-4-12(16)9-18-13/h4-5,9,11,17H,2-3,6-8,10H2,1H3,(H,18,19,22). The van der Waals surface area contributed by atoms with E-state index in [1.807, 2.05) is 13.1 Å². The summed E-state index contributed by atoms with van der Waals surface area (Å²) in [5, 5.41) is 5.79. The summed E-state index contributed by atoms with van der Waals surface area (Å²) < 4.78 is 0.865. The molecule has 2 N–H and O–H groups in total. The smallest absolute Gasteiger partial charge is 0.230 e. The fraction of sp³-hybridized carbons (Fsp3) is 0.533. The van der Waals surface area contributed by atoms with Crippen molar-refractivity contribution < 1.29 is 9.59 Å². The van der Waals surface area contributed by atoms with Crippen molar-refractivity contribution in [3.05, 3.63) is 22.8 Å². The lowest BCUT2D eigenvalue weighted by Gasteiger charge is -2.32. The molecule has 2 heterocycles. The molecule has 1 unspecified atom stereocenters. The average Bonchev–Trinajstić information content (AvgIpc) is 2.54. The maximum atomic E-state index is 12.3. The van der Waals surface area contributed by atoms with Crippen molar-refractivity contribution >= 4 is 33.6 Å². The number of nitrogens with zero attached hydrogens (tertiary/aromatic N) is 2. The van der Waals surface area contributed by atoms with E-state index >= 15 is 0 Å². The molecular formula is C15H21BrN4O2. The average molecular weight is 369 g/mol. The normalized spacial score (nSPS) is 18.1. The first-order valence-corrected chi connectivity index (χ1v) is 8.24. The van der Waals surface area contributed by atoms with Crippen LogP contribution < -0.4 is 10.6 Å². The Morgan fingerprint density at radius 3 is 2.95 bits per heavy atom. The lowest BCUT2D eigenvalue weighted by atomic mass is 9.97. The predicted molar refractivity (Wildman–Crippen MR) is 88.4 cm³/mol. The monoisotopic (exact) mass is 368 g/mol. The largest absolute Gasteiger partial charge is 0.342 e. The third-order valence-corrected chi connectivity index (χ3v) is 4.18. The van der Waals surface area contributed by atoms with Crippen molar-refractivity contribution in [2.24, 2.45) is 5.92 Å². The van der Waals surface area contributed by atoms with E-state index in [4.69, 9.17) is 0 Å². The van der Waals surface area contributed by atoms with Gasteiger partial charge in [0.2, 0.25) is 11.8 Å². The number of halogens is 1. The minimum Gasteiger partial charge on any atom is -0.342 e. The Bertz CT molecular complexity index is 521. The number of nitrogens with one attached hydrogen (secondary N) is 2. The molecule has 120 valence electrons. The number of aromatic nitrogens is 1. The van der Waals surface area contributed by atoms with Crippen LogP contribution in [0, 0.1) is 5.92 Å². The van der Waals surface area contributed by atoms with Gasteiger partial charge < -0.3 is 15.5 Å². The molecule has 22 heavy (non-hydrogen) atoms. The number of rotatable bonds is 5. The third-order valence-electron chi connectivity index (χ3n) is 3.71. The van der Waals surface area contributed by atoms with Crippen LogP contribution in [0.4, 0.5) is 5.82 Å². The summed E-state index contributed by atoms with van der Waals surface area (Å²) in [5.74, 6) is 0.402. The maximum Gasteiger partial charge on any atom is 0.230 e. The van der Waals surface area contributed by atoms with Gasteiger partial charge in [0.25, 0.3) is 0 Å². The lowest BCUT2D eigenvalue weighted by molar-refractivity contribution is -0.134. The van der Waals surface area contributed by atoms with Gasteiger partial charge in [0.05, 0.1) is 5.92 Å². The molecule has 1 saturated heterocycles. The van der Waals surface area contributed by atoms with E-state index < -0.39 is 0 Å². The highest BCUT2D eigenvalue weighted by Gasteiger charge is 2.28. The van der Waals surface area contributed by atoms with Crippen LogP contribution in [0.25, 0.3) is 0 Å². The number of piperidine rings is 1. The molecule has 1 aliphatic rings. The van der Waals surface area contributed by atoms with Crippen LogP contribution in [0.1, 0.15) is 19.3 Å². The first-order chi connectivity index (χ1) is 10.6. The van der Waals surface area contributed by atoms with Gasteiger partial charge in [-0.2, -0.15) is 0 Å². The van der Waals surface area contributed by atoms with Crippen molar-refractivity contribution in [3.8, 4) is 0 Å². The zero-order valence-corrected chi connectivity index (χ0v) is 14.2. The quantitative estimate of drug-likeness (QED) is 0.828. The van der Waals surface area contributed by atoms with E-state index in [-0.39, 0.29) is 17.7 Å². The zero-order valence-electron chi connectivity index (χ0n) is 12.6. The highest BCUT2D eigenvalue weighted by molar-refractivity contribution is 9.10. The number of carbonyl (C=O) groups excluding carboxylic acids is 2. The van der Waals surface area contributed by atoms with Gasteiger partial charge in [-0.05, 0) is 48.0 Å². The van der Waals surface area contributed by atoms with Crippen molar-refractivity contribution in [3.63, 3.8) is 0 Å². The minimum absolute atomic E-state index is 0.0686. The molecular weight excluding hydrogens is 348 g/mol. The van der Waals surface area contributed by atoms with Crippen molar-refractivity contribution in [1.82, 2.24) is 15.2 Å². The van der Waals surface area contributed by atoms with Crippen LogP contribution in [0.3, 0.4) is 0 Å². The van der Waals surface area contributed by atoms with Crippen LogP contribution in [0.5, 0.6) is 0 Å². The van der Waals surface area contributed by atoms with Crippen LogP contribution in [-0.4, -0.2) is 48.4 Å². The first kappa shape index (κ1) is 16.9. The van der Waals surface area contributed by atoms with E-state index in [1.54, 1.807) is 17.2 Å². The summed E-state index contributed by atoms with van der Waals surface area (Å²) in [7, 11) is 1.82. The number of amides is 2. The van der Waals surface area contributed by atoms with Gasteiger partial charge >= 0.3 is 0 Å². The molecule has 2 rings (SSSR count). The SMILES string of the molecule is CNCCC(=O)N1CCCC(C(=O)Nc2ccc(Br)cn2)C1. The molecule has 1 aliphatic heterocycles. The minimum atomic E-state index is -0.169. The third kappa shape index (κ3) is 4.78. The Kier molecular flexibility index (Phi) is 6.33. The molecule has 0 bridgehead atoms. The molecule has 1 aromatic heterocycles. The molecule has 7 heteroatoms. The Morgan fingerprint density at radius 2 is 2.27 bits per heavy atom. The molecule has 1 aromatic rings. The molecule has 6 nitrogen and oxygen atoms in total. The highest BCUT2D eigenvalue weighted by atomic mass is 79.9. The Hall–Kier alpha value is -1.47. The number of likely N-dealkylation sites (tertiary alicyclic amines) is 1. The van der Waals surface area contributed by atoms with Crippen molar-refractivity contribution in [2.45, 2.75) is 19.3 Å². The summed E-state index contributed by atoms with van der Waals surface area (Å²) in [4.78, 5) is 30.3. The van der Waals surface area contributed by atoms with Crippen molar-refractivity contribution in [2.75, 3.05) is 32.0 Å². The summed E-state index contributed by atoms with van der Waals surface area (Å²) >= 11 is 3.31. The van der Waals surface area contributed by atoms with E-state index in [9.17, 15) is 9.59 Å². The summed E-state index contributed by atoms with van der Waals surface area (Å²) in [5.41, 5.74) is 0. The van der Waals surface area contributed by atoms with Crippen LogP contribution >= 0.6 is 15.9 Å². The Balaban J connectivity index is 1.89. The van der Waals surface area contributed by atoms with Crippen LogP contribution in [0.2, 0.25) is 0 Å². The van der Waals surface area contributed by atoms with E-state index in [2.05, 4.69) is 31.5 Å². The molecule has 0 aromatic carbocycles. The van der Waals surface area contributed by atoms with Gasteiger partial charge in [-0.3, -0.25) is 9.59 Å². The van der Waals surface area contributed by atoms with Gasteiger partial charge in [0, 0.05) is 36.7 Å². The van der Waals surface area contributed by atoms with Gasteiger partial charge in [0.1, 0.15) is 5.82 Å². The predicted octanol–water partition coefficient (Wildman–Crippen LogP) is 1.63. The molecule has 1 atom stereocenters. The number of hydrogen-bond acceptors (Lipinski definition) is 4. The summed E-state index contributed by atoms with van der Waals surface area (Å²) in [6.45, 7) is 1.89. The second kappa shape index (κ2) is 8.24. The topological polar surface area (TPSA) is 74.3 Å². The molecule has 0 spiro atoms. The summed E-state index contributed by atoms with van der Waals surface area (Å²) in [6.07, 6.45) is 3.78. The van der Waals surface area contributed by atoms with E-state index in [0.717, 1.165) is 23.9 Å². The lowest BCUT2D eigenvalue weighted by Crippen LogP contribution is -2.44. The highest BCUT2D eigenvalue weighted by Crippen LogP contribution is 2.19. The number of anilines is 1. The summed E-state index contributed by atoms with van der Waals surface area (Å²) in [6, 6.07) is 3.58. The molecule has 0 radical (unpaired) electrons. The Morgan fingerprint density at radius 1 is 1.45 bits per heavy atom. The van der Waals surface area contributed by atoms with Gasteiger partial charge in [-0.15, -0.1) is 0 Å². The molecule has 0 aliphatic carbocycles. The van der Waals surface area contributed by atoms with E-state index in [1.165, 1.54) is 0 Å². The number of hydrogen-bond donors (Lipinski definition) is 2. The van der Waals surface area contributed by atoms with Crippen molar-refractivity contribution in [1.29, 1.82) is 0 Å². The van der Waals surface area contributed by atoms with Crippen LogP contribution in [-0.2, 0) is 9.59 Å². The van der Waals surface area contributed by atoms with E-state index in [0.29, 0.717) is 25.3 Å². The zero-order chi connectivity index (χ0) is 15.9. The second-order valence-corrected chi connectivity index (χ2v) is 6.30. The van der Waals surface area contributed by atoms with Gasteiger partial charge in [0.15, 0.2) is 0 Å². The van der Waals surface area contributed by atoms with Gasteiger partial charge in [-0.25, -0.2) is 4.98 Å². The first-order valence-electron chi connectivity index (χ1n) is 7.45. The fourth-order valence-electron chi connectivity index (χ4n) is 2.49. The molecule has 1 fully saturated rings.